The summed E-state index contributed by atoms with van der Waals surface area (Å²) in [6, 6.07) is 5.47. The van der Waals surface area contributed by atoms with E-state index in [0.29, 0.717) is 5.39 Å². The van der Waals surface area contributed by atoms with E-state index in [1.54, 1.807) is 19.2 Å². The van der Waals surface area contributed by atoms with E-state index in [1.165, 1.54) is 0 Å². The van der Waals surface area contributed by atoms with Gasteiger partial charge in [-0.3, -0.25) is 4.79 Å². The van der Waals surface area contributed by atoms with E-state index in [0.717, 1.165) is 34.8 Å². The van der Waals surface area contributed by atoms with Crippen molar-refractivity contribution < 1.29 is 14.6 Å². The van der Waals surface area contributed by atoms with E-state index in [-0.39, 0.29) is 23.6 Å². The van der Waals surface area contributed by atoms with Gasteiger partial charge in [0, 0.05) is 15.2 Å². The molecule has 0 aliphatic heterocycles. The third-order valence-electron chi connectivity index (χ3n) is 4.54. The van der Waals surface area contributed by atoms with Gasteiger partial charge in [-0.15, -0.1) is 0 Å². The molecule has 2 atom stereocenters. The Balaban J connectivity index is 2.25. The van der Waals surface area contributed by atoms with Gasteiger partial charge in [-0.1, -0.05) is 12.8 Å². The number of nitrogens with zero attached hydrogens (tertiary/aromatic N) is 1. The molecule has 2 aromatic rings. The van der Waals surface area contributed by atoms with Crippen molar-refractivity contribution >= 4 is 39.5 Å². The number of pyridine rings is 1. The number of hydrogen-bond donors (Lipinski definition) is 1. The molecule has 1 aliphatic rings. The molecule has 1 aromatic heterocycles. The highest BCUT2D eigenvalue weighted by Crippen LogP contribution is 2.31. The molecular formula is C18H20INO4. The number of aliphatic hydroxyl groups excluding tert-OH is 1. The van der Waals surface area contributed by atoms with Gasteiger partial charge in [0.05, 0.1) is 24.3 Å². The number of ether oxygens (including phenoxy) is 1. The van der Waals surface area contributed by atoms with Crippen LogP contribution in [0.5, 0.6) is 0 Å². The number of fused-ring (bicyclic) bond motifs is 1. The maximum absolute atomic E-state index is 12.7. The summed E-state index contributed by atoms with van der Waals surface area (Å²) in [5, 5.41) is 10.9. The van der Waals surface area contributed by atoms with E-state index >= 15 is 0 Å². The van der Waals surface area contributed by atoms with Crippen LogP contribution >= 0.6 is 22.6 Å². The van der Waals surface area contributed by atoms with E-state index in [1.807, 2.05) is 16.7 Å². The average molecular weight is 441 g/mol. The molecule has 0 bridgehead atoms. The first-order valence-electron chi connectivity index (χ1n) is 8.22. The SMILES string of the molecule is CCOC(=O)c1cn([C@H]2CCCC[C@H]2O)c2ccc(I)cc2c1=O. The van der Waals surface area contributed by atoms with E-state index in [2.05, 4.69) is 22.6 Å². The van der Waals surface area contributed by atoms with Gasteiger partial charge in [0.1, 0.15) is 5.56 Å². The van der Waals surface area contributed by atoms with Crippen molar-refractivity contribution in [1.82, 2.24) is 4.57 Å². The van der Waals surface area contributed by atoms with E-state index < -0.39 is 12.1 Å². The summed E-state index contributed by atoms with van der Waals surface area (Å²) in [6.07, 6.45) is 4.67. The zero-order chi connectivity index (χ0) is 17.3. The first-order chi connectivity index (χ1) is 11.5. The average Bonchev–Trinajstić information content (AvgIpc) is 2.56. The minimum Gasteiger partial charge on any atom is -0.462 e. The molecule has 1 N–H and O–H groups in total. The van der Waals surface area contributed by atoms with E-state index in [4.69, 9.17) is 4.74 Å². The molecule has 0 saturated heterocycles. The summed E-state index contributed by atoms with van der Waals surface area (Å²) in [6.45, 7) is 1.93. The first kappa shape index (κ1) is 17.4. The third kappa shape index (κ3) is 3.21. The molecule has 0 spiro atoms. The Kier molecular flexibility index (Phi) is 5.24. The second-order valence-corrected chi connectivity index (χ2v) is 7.33. The molecule has 3 rings (SSSR count). The van der Waals surface area contributed by atoms with Gasteiger partial charge < -0.3 is 14.4 Å². The van der Waals surface area contributed by atoms with Crippen LogP contribution < -0.4 is 5.43 Å². The molecule has 1 fully saturated rings. The Bertz CT molecular complexity index is 830. The van der Waals surface area contributed by atoms with Crippen molar-refractivity contribution in [3.05, 3.63) is 43.8 Å². The Morgan fingerprint density at radius 2 is 2.12 bits per heavy atom. The number of aliphatic hydroxyl groups is 1. The van der Waals surface area contributed by atoms with Crippen LogP contribution in [0.3, 0.4) is 0 Å². The van der Waals surface area contributed by atoms with Crippen molar-refractivity contribution in [2.24, 2.45) is 0 Å². The number of halogens is 1. The number of aromatic nitrogens is 1. The van der Waals surface area contributed by atoms with E-state index in [9.17, 15) is 14.7 Å². The molecule has 1 aliphatic carbocycles. The van der Waals surface area contributed by atoms with Gasteiger partial charge >= 0.3 is 5.97 Å². The normalized spacial score (nSPS) is 21.0. The number of hydrogen-bond acceptors (Lipinski definition) is 4. The summed E-state index contributed by atoms with van der Waals surface area (Å²) in [5.74, 6) is -0.609. The van der Waals surface area contributed by atoms with Gasteiger partial charge in [0.25, 0.3) is 0 Å². The molecule has 1 heterocycles. The summed E-state index contributed by atoms with van der Waals surface area (Å²) >= 11 is 2.15. The van der Waals surface area contributed by atoms with Crippen LogP contribution in [0.2, 0.25) is 0 Å². The molecule has 5 nitrogen and oxygen atoms in total. The highest BCUT2D eigenvalue weighted by Gasteiger charge is 2.27. The summed E-state index contributed by atoms with van der Waals surface area (Å²) in [5.41, 5.74) is 0.465. The molecule has 0 unspecified atom stereocenters. The fourth-order valence-corrected chi connectivity index (χ4v) is 3.86. The standard InChI is InChI=1S/C18H20INO4/c1-2-24-18(23)13-10-20(15-5-3-4-6-16(15)21)14-8-7-11(19)9-12(14)17(13)22/h7-10,15-16,21H,2-6H2,1H3/t15-,16+/m0/s1. The Morgan fingerprint density at radius 1 is 1.38 bits per heavy atom. The molecule has 0 radical (unpaired) electrons. The van der Waals surface area contributed by atoms with Gasteiger partial charge in [-0.2, -0.15) is 0 Å². The lowest BCUT2D eigenvalue weighted by molar-refractivity contribution is 0.0519. The second kappa shape index (κ2) is 7.23. The summed E-state index contributed by atoms with van der Waals surface area (Å²) in [4.78, 5) is 24.9. The van der Waals surface area contributed by atoms with Crippen molar-refractivity contribution in [1.29, 1.82) is 0 Å². The molecule has 0 amide bonds. The lowest BCUT2D eigenvalue weighted by Crippen LogP contribution is -2.30. The zero-order valence-electron chi connectivity index (χ0n) is 13.5. The minimum atomic E-state index is -0.609. The van der Waals surface area contributed by atoms with Crippen LogP contribution in [0.15, 0.2) is 29.2 Å². The highest BCUT2D eigenvalue weighted by molar-refractivity contribution is 14.1. The molecule has 1 saturated carbocycles. The molecular weight excluding hydrogens is 421 g/mol. The largest absolute Gasteiger partial charge is 0.462 e. The molecule has 6 heteroatoms. The predicted octanol–water partition coefficient (Wildman–Crippen LogP) is 3.26. The third-order valence-corrected chi connectivity index (χ3v) is 5.21. The van der Waals surface area contributed by atoms with Gasteiger partial charge in [0.2, 0.25) is 5.43 Å². The topological polar surface area (TPSA) is 68.5 Å². The van der Waals surface area contributed by atoms with Crippen molar-refractivity contribution in [3.63, 3.8) is 0 Å². The minimum absolute atomic E-state index is 0.0316. The lowest BCUT2D eigenvalue weighted by atomic mass is 9.91. The smallest absolute Gasteiger partial charge is 0.343 e. The second-order valence-electron chi connectivity index (χ2n) is 6.08. The zero-order valence-corrected chi connectivity index (χ0v) is 15.7. The number of benzene rings is 1. The molecule has 128 valence electrons. The predicted molar refractivity (Wildman–Crippen MR) is 100 cm³/mol. The fraction of sp³-hybridized carbons (Fsp3) is 0.444. The molecule has 24 heavy (non-hydrogen) atoms. The number of carbonyl (C=O) groups is 1. The van der Waals surface area contributed by atoms with Crippen LogP contribution in [0.25, 0.3) is 10.9 Å². The van der Waals surface area contributed by atoms with Gasteiger partial charge in [-0.25, -0.2) is 4.79 Å². The fourth-order valence-electron chi connectivity index (χ4n) is 3.37. The van der Waals surface area contributed by atoms with Gasteiger partial charge in [0.15, 0.2) is 0 Å². The van der Waals surface area contributed by atoms with Crippen LogP contribution in [-0.2, 0) is 4.74 Å². The van der Waals surface area contributed by atoms with Crippen LogP contribution in [0, 0.1) is 3.57 Å². The Morgan fingerprint density at radius 3 is 2.83 bits per heavy atom. The maximum Gasteiger partial charge on any atom is 0.343 e. The quantitative estimate of drug-likeness (QED) is 0.587. The number of esters is 1. The van der Waals surface area contributed by atoms with Crippen LogP contribution in [0.1, 0.15) is 49.0 Å². The maximum atomic E-state index is 12.7. The molecule has 1 aromatic carbocycles. The number of rotatable bonds is 3. The lowest BCUT2D eigenvalue weighted by Gasteiger charge is -2.31. The summed E-state index contributed by atoms with van der Waals surface area (Å²) < 4.78 is 7.86. The van der Waals surface area contributed by atoms with Crippen molar-refractivity contribution in [2.75, 3.05) is 6.61 Å². The Hall–Kier alpha value is -1.41. The van der Waals surface area contributed by atoms with Crippen LogP contribution in [0.4, 0.5) is 0 Å². The van der Waals surface area contributed by atoms with Crippen molar-refractivity contribution in [2.45, 2.75) is 44.8 Å². The first-order valence-corrected chi connectivity index (χ1v) is 9.30. The highest BCUT2D eigenvalue weighted by atomic mass is 127. The Labute approximate surface area is 153 Å². The summed E-state index contributed by atoms with van der Waals surface area (Å²) in [7, 11) is 0. The monoisotopic (exact) mass is 441 g/mol. The van der Waals surface area contributed by atoms with Crippen LogP contribution in [-0.4, -0.2) is 28.4 Å². The number of carbonyl (C=O) groups excluding carboxylic acids is 1. The van der Waals surface area contributed by atoms with Crippen molar-refractivity contribution in [3.8, 4) is 0 Å². The van der Waals surface area contributed by atoms with Gasteiger partial charge in [-0.05, 0) is 60.6 Å².